The predicted octanol–water partition coefficient (Wildman–Crippen LogP) is 2.33. The van der Waals surface area contributed by atoms with Crippen LogP contribution in [0.1, 0.15) is 33.3 Å². The molecule has 0 aromatic heterocycles. The van der Waals surface area contributed by atoms with E-state index < -0.39 is 0 Å². The summed E-state index contributed by atoms with van der Waals surface area (Å²) in [7, 11) is 0. The van der Waals surface area contributed by atoms with Crippen LogP contribution in [-0.2, 0) is 6.54 Å². The predicted molar refractivity (Wildman–Crippen MR) is 70.2 cm³/mol. The fourth-order valence-corrected chi connectivity index (χ4v) is 1.39. The third-order valence-electron chi connectivity index (χ3n) is 2.28. The van der Waals surface area contributed by atoms with Crippen molar-refractivity contribution in [3.63, 3.8) is 0 Å². The second-order valence-corrected chi connectivity index (χ2v) is 5.32. The Morgan fingerprint density at radius 1 is 1.24 bits per heavy atom. The molecule has 0 heterocycles. The van der Waals surface area contributed by atoms with Crippen molar-refractivity contribution in [3.8, 4) is 5.75 Å². The van der Waals surface area contributed by atoms with E-state index >= 15 is 0 Å². The third-order valence-corrected chi connectivity index (χ3v) is 2.28. The summed E-state index contributed by atoms with van der Waals surface area (Å²) in [6.07, 6.45) is 0. The topological polar surface area (TPSA) is 41.5 Å². The molecule has 96 valence electrons. The minimum Gasteiger partial charge on any atom is -0.488 e. The Balaban J connectivity index is 2.50. The molecular weight excluding hydrogens is 214 g/mol. The average molecular weight is 237 g/mol. The van der Waals surface area contributed by atoms with E-state index in [1.54, 1.807) is 0 Å². The molecule has 1 rings (SSSR count). The lowest BCUT2D eigenvalue weighted by Gasteiger charge is -2.21. The molecule has 0 saturated heterocycles. The minimum absolute atomic E-state index is 0.125. The Labute approximate surface area is 104 Å². The largest absolute Gasteiger partial charge is 0.488 e. The molecule has 0 aliphatic carbocycles. The van der Waals surface area contributed by atoms with E-state index in [0.29, 0.717) is 0 Å². The lowest BCUT2D eigenvalue weighted by Crippen LogP contribution is -2.28. The van der Waals surface area contributed by atoms with E-state index in [9.17, 15) is 0 Å². The molecule has 3 nitrogen and oxygen atoms in total. The van der Waals surface area contributed by atoms with Gasteiger partial charge in [0.05, 0.1) is 6.61 Å². The lowest BCUT2D eigenvalue weighted by atomic mass is 10.1. The standard InChI is InChI=1S/C14H23NO2/c1-11(10-16)15-9-12-5-7-13(8-6-12)17-14(2,3)4/h5-8,11,15-16H,9-10H2,1-4H3. The van der Waals surface area contributed by atoms with Crippen molar-refractivity contribution in [2.24, 2.45) is 0 Å². The van der Waals surface area contributed by atoms with Gasteiger partial charge in [-0.15, -0.1) is 0 Å². The fraction of sp³-hybridized carbons (Fsp3) is 0.571. The summed E-state index contributed by atoms with van der Waals surface area (Å²) in [6, 6.07) is 8.16. The van der Waals surface area contributed by atoms with Gasteiger partial charge in [0.1, 0.15) is 11.4 Å². The van der Waals surface area contributed by atoms with Crippen LogP contribution >= 0.6 is 0 Å². The zero-order valence-corrected chi connectivity index (χ0v) is 11.2. The van der Waals surface area contributed by atoms with Gasteiger partial charge in [0.15, 0.2) is 0 Å². The Morgan fingerprint density at radius 3 is 2.29 bits per heavy atom. The maximum atomic E-state index is 8.90. The first-order valence-corrected chi connectivity index (χ1v) is 6.03. The van der Waals surface area contributed by atoms with Gasteiger partial charge in [0.25, 0.3) is 0 Å². The number of hydrogen-bond donors (Lipinski definition) is 2. The summed E-state index contributed by atoms with van der Waals surface area (Å²) in [5.74, 6) is 0.886. The van der Waals surface area contributed by atoms with Crippen LogP contribution in [0.2, 0.25) is 0 Å². The molecule has 0 aliphatic rings. The summed E-state index contributed by atoms with van der Waals surface area (Å²) < 4.78 is 5.74. The van der Waals surface area contributed by atoms with Gasteiger partial charge in [-0.3, -0.25) is 0 Å². The van der Waals surface area contributed by atoms with Crippen molar-refractivity contribution in [3.05, 3.63) is 29.8 Å². The smallest absolute Gasteiger partial charge is 0.120 e. The van der Waals surface area contributed by atoms with Crippen molar-refractivity contribution in [1.29, 1.82) is 0 Å². The normalized spacial score (nSPS) is 13.5. The van der Waals surface area contributed by atoms with E-state index in [1.165, 1.54) is 5.56 Å². The molecule has 0 amide bonds. The van der Waals surface area contributed by atoms with Crippen molar-refractivity contribution in [1.82, 2.24) is 5.32 Å². The highest BCUT2D eigenvalue weighted by molar-refractivity contribution is 5.27. The Kier molecular flexibility index (Phi) is 4.97. The number of hydrogen-bond acceptors (Lipinski definition) is 3. The summed E-state index contributed by atoms with van der Waals surface area (Å²) in [5.41, 5.74) is 1.03. The molecule has 1 aromatic carbocycles. The van der Waals surface area contributed by atoms with E-state index in [1.807, 2.05) is 52.0 Å². The molecule has 1 unspecified atom stereocenters. The van der Waals surface area contributed by atoms with E-state index in [4.69, 9.17) is 9.84 Å². The Hall–Kier alpha value is -1.06. The molecule has 1 atom stereocenters. The second kappa shape index (κ2) is 6.03. The van der Waals surface area contributed by atoms with E-state index in [2.05, 4.69) is 5.32 Å². The highest BCUT2D eigenvalue weighted by atomic mass is 16.5. The Morgan fingerprint density at radius 2 is 1.82 bits per heavy atom. The van der Waals surface area contributed by atoms with Crippen LogP contribution in [0.25, 0.3) is 0 Å². The fourth-order valence-electron chi connectivity index (χ4n) is 1.39. The quantitative estimate of drug-likeness (QED) is 0.826. The molecule has 3 heteroatoms. The summed E-state index contributed by atoms with van der Waals surface area (Å²) >= 11 is 0. The van der Waals surface area contributed by atoms with Gasteiger partial charge in [-0.25, -0.2) is 0 Å². The van der Waals surface area contributed by atoms with Gasteiger partial charge in [0.2, 0.25) is 0 Å². The first-order chi connectivity index (χ1) is 7.90. The van der Waals surface area contributed by atoms with Crippen LogP contribution in [0, 0.1) is 0 Å². The first-order valence-electron chi connectivity index (χ1n) is 6.03. The maximum Gasteiger partial charge on any atom is 0.120 e. The van der Waals surface area contributed by atoms with Gasteiger partial charge < -0.3 is 15.2 Å². The van der Waals surface area contributed by atoms with E-state index in [0.717, 1.165) is 12.3 Å². The van der Waals surface area contributed by atoms with Gasteiger partial charge in [-0.2, -0.15) is 0 Å². The van der Waals surface area contributed by atoms with Crippen molar-refractivity contribution >= 4 is 0 Å². The molecule has 0 bridgehead atoms. The Bertz CT molecular complexity index is 327. The van der Waals surface area contributed by atoms with Crippen LogP contribution < -0.4 is 10.1 Å². The summed E-state index contributed by atoms with van der Waals surface area (Å²) in [6.45, 7) is 8.97. The maximum absolute atomic E-state index is 8.90. The van der Waals surface area contributed by atoms with Crippen LogP contribution in [0.5, 0.6) is 5.75 Å². The molecular formula is C14H23NO2. The van der Waals surface area contributed by atoms with Crippen LogP contribution in [-0.4, -0.2) is 23.4 Å². The molecule has 0 spiro atoms. The second-order valence-electron chi connectivity index (χ2n) is 5.32. The number of benzene rings is 1. The highest BCUT2D eigenvalue weighted by Gasteiger charge is 2.11. The molecule has 0 aliphatic heterocycles. The highest BCUT2D eigenvalue weighted by Crippen LogP contribution is 2.18. The molecule has 0 fully saturated rings. The van der Waals surface area contributed by atoms with Gasteiger partial charge >= 0.3 is 0 Å². The van der Waals surface area contributed by atoms with Crippen LogP contribution in [0.3, 0.4) is 0 Å². The zero-order valence-electron chi connectivity index (χ0n) is 11.2. The van der Waals surface area contributed by atoms with Crippen molar-refractivity contribution in [2.75, 3.05) is 6.61 Å². The molecule has 0 saturated carbocycles. The number of ether oxygens (including phenoxy) is 1. The first kappa shape index (κ1) is 14.0. The molecule has 17 heavy (non-hydrogen) atoms. The molecule has 1 aromatic rings. The summed E-state index contributed by atoms with van der Waals surface area (Å²) in [4.78, 5) is 0. The monoisotopic (exact) mass is 237 g/mol. The average Bonchev–Trinajstić information content (AvgIpc) is 2.25. The van der Waals surface area contributed by atoms with Gasteiger partial charge in [0, 0.05) is 12.6 Å². The molecule has 0 radical (unpaired) electrons. The van der Waals surface area contributed by atoms with E-state index in [-0.39, 0.29) is 18.2 Å². The number of aliphatic hydroxyl groups is 1. The lowest BCUT2D eigenvalue weighted by molar-refractivity contribution is 0.131. The number of nitrogens with one attached hydrogen (secondary N) is 1. The minimum atomic E-state index is -0.162. The number of rotatable bonds is 5. The molecule has 2 N–H and O–H groups in total. The SMILES string of the molecule is CC(CO)NCc1ccc(OC(C)(C)C)cc1. The summed E-state index contributed by atoms with van der Waals surface area (Å²) in [5, 5.41) is 12.1. The third kappa shape index (κ3) is 5.71. The number of aliphatic hydroxyl groups excluding tert-OH is 1. The van der Waals surface area contributed by atoms with Gasteiger partial charge in [-0.05, 0) is 45.4 Å². The van der Waals surface area contributed by atoms with Gasteiger partial charge in [-0.1, -0.05) is 12.1 Å². The van der Waals surface area contributed by atoms with Crippen molar-refractivity contribution in [2.45, 2.75) is 45.9 Å². The van der Waals surface area contributed by atoms with Crippen LogP contribution in [0.4, 0.5) is 0 Å². The van der Waals surface area contributed by atoms with Crippen LogP contribution in [0.15, 0.2) is 24.3 Å². The zero-order chi connectivity index (χ0) is 12.9. The van der Waals surface area contributed by atoms with Crippen molar-refractivity contribution < 1.29 is 9.84 Å².